The number of amides is 4. The molecule has 18 nitrogen and oxygen atoms in total. The predicted octanol–water partition coefficient (Wildman–Crippen LogP) is 10.2. The van der Waals surface area contributed by atoms with E-state index in [0.717, 1.165) is 87.8 Å². The molecule has 85 heavy (non-hydrogen) atoms. The molecule has 1 saturated heterocycles. The highest BCUT2D eigenvalue weighted by atomic mass is 16.5. The molecule has 0 unspecified atom stereocenters. The smallest absolute Gasteiger partial charge is 0.303 e. The highest BCUT2D eigenvalue weighted by Gasteiger charge is 2.35. The number of pyridine rings is 2. The highest BCUT2D eigenvalue weighted by Crippen LogP contribution is 2.45. The van der Waals surface area contributed by atoms with Gasteiger partial charge in [-0.3, -0.25) is 28.9 Å². The lowest BCUT2D eigenvalue weighted by atomic mass is 9.85. The summed E-state index contributed by atoms with van der Waals surface area (Å²) in [4.78, 5) is 77.6. The zero-order chi connectivity index (χ0) is 61.3. The second-order valence-corrected chi connectivity index (χ2v) is 25.4. The summed E-state index contributed by atoms with van der Waals surface area (Å²) < 4.78 is 12.1. The fraction of sp³-hybridized carbons (Fsp3) is 0.687. The van der Waals surface area contributed by atoms with Crippen LogP contribution < -0.4 is 46.7 Å². The van der Waals surface area contributed by atoms with Crippen molar-refractivity contribution in [3.63, 3.8) is 0 Å². The molecule has 3 heterocycles. The van der Waals surface area contributed by atoms with E-state index in [1.165, 1.54) is 89.9 Å². The summed E-state index contributed by atoms with van der Waals surface area (Å²) in [5.41, 5.74) is 14.3. The average Bonchev–Trinajstić information content (AvgIpc) is 4.45. The van der Waals surface area contributed by atoms with Crippen molar-refractivity contribution in [2.24, 2.45) is 28.7 Å². The first-order valence-corrected chi connectivity index (χ1v) is 32.5. The van der Waals surface area contributed by atoms with E-state index in [1.807, 2.05) is 67.4 Å². The fourth-order valence-corrected chi connectivity index (χ4v) is 11.9. The van der Waals surface area contributed by atoms with E-state index in [-0.39, 0.29) is 59.0 Å². The van der Waals surface area contributed by atoms with E-state index in [1.54, 1.807) is 13.3 Å². The van der Waals surface area contributed by atoms with Crippen LogP contribution in [-0.2, 0) is 19.2 Å². The van der Waals surface area contributed by atoms with Crippen LogP contribution in [0.3, 0.4) is 0 Å². The van der Waals surface area contributed by atoms with Crippen molar-refractivity contribution in [3.8, 4) is 11.6 Å². The van der Waals surface area contributed by atoms with Gasteiger partial charge in [-0.1, -0.05) is 129 Å². The minimum absolute atomic E-state index is 0.00824. The number of likely N-dealkylation sites (N-methyl/N-ethyl adjacent to an activating group) is 1. The van der Waals surface area contributed by atoms with Gasteiger partial charge in [0.1, 0.15) is 11.6 Å². The van der Waals surface area contributed by atoms with Crippen molar-refractivity contribution in [2.75, 3.05) is 103 Å². The van der Waals surface area contributed by atoms with E-state index in [0.29, 0.717) is 93.7 Å². The van der Waals surface area contributed by atoms with Crippen LogP contribution in [0.25, 0.3) is 0 Å². The number of anilines is 2. The van der Waals surface area contributed by atoms with Gasteiger partial charge in [-0.25, -0.2) is 9.97 Å². The number of aryl methyl sites for hydroxylation is 1. The number of quaternary nitrogens is 1. The van der Waals surface area contributed by atoms with Crippen molar-refractivity contribution in [1.29, 1.82) is 0 Å². The zero-order valence-corrected chi connectivity index (χ0v) is 52.8. The van der Waals surface area contributed by atoms with Gasteiger partial charge in [0.15, 0.2) is 13.1 Å². The van der Waals surface area contributed by atoms with Crippen LogP contribution >= 0.6 is 0 Å². The summed E-state index contributed by atoms with van der Waals surface area (Å²) in [5, 5.41) is 18.1. The van der Waals surface area contributed by atoms with Gasteiger partial charge in [0.25, 0.3) is 17.7 Å². The average molecular weight is 1180 g/mol. The zero-order valence-electron chi connectivity index (χ0n) is 52.8. The van der Waals surface area contributed by atoms with Gasteiger partial charge in [0.2, 0.25) is 11.8 Å². The molecule has 4 amide bonds. The second kappa shape index (κ2) is 38.3. The Balaban J connectivity index is 0.918. The lowest BCUT2D eigenvalue weighted by Crippen LogP contribution is -2.57. The van der Waals surface area contributed by atoms with E-state index in [9.17, 15) is 29.1 Å². The summed E-state index contributed by atoms with van der Waals surface area (Å²) in [7, 11) is 3.51. The Morgan fingerprint density at radius 2 is 1.31 bits per heavy atom. The Labute approximate surface area is 509 Å². The standard InChI is InChI=1S/C67H108N10O8/c1-52-25-24-26-60(74-52)76(66(83)57-31-30-56(84-5)46-59(57)75-42-33-53(34-43-75)50-85-64-45-55(32-38-73-64)58(47-65(81)82)54-28-29-54)51-67(2,3)35-23-21-19-17-15-13-11-9-7-6-8-10-12-14-16-18-20-22-27-61(78)72-41-44-77(4,48-62(79)70-39-36-68)49-63(80)71-40-37-69/h24-26,30-32,38,45-46,53-54,58H,6-23,27-29,33-37,39-44,47-51,68-69H2,1-5H3,(H3-,70,71,72,78,79,80,81,82)/p+1/t58-/m0/s1. The maximum absolute atomic E-state index is 15.0. The van der Waals surface area contributed by atoms with Crippen molar-refractivity contribution in [2.45, 2.75) is 187 Å². The third-order valence-corrected chi connectivity index (χ3v) is 17.1. The van der Waals surface area contributed by atoms with Crippen molar-refractivity contribution < 1.29 is 43.0 Å². The first-order valence-electron chi connectivity index (χ1n) is 32.5. The number of carboxylic acids is 1. The van der Waals surface area contributed by atoms with Crippen molar-refractivity contribution >= 4 is 41.1 Å². The first-order chi connectivity index (χ1) is 41.0. The molecular formula is C67H109N10O8+. The molecule has 1 saturated carbocycles. The predicted molar refractivity (Wildman–Crippen MR) is 340 cm³/mol. The summed E-state index contributed by atoms with van der Waals surface area (Å²) in [5.74, 6) is 1.47. The number of nitrogens with two attached hydrogens (primary N) is 2. The summed E-state index contributed by atoms with van der Waals surface area (Å²) >= 11 is 0. The van der Waals surface area contributed by atoms with Crippen LogP contribution in [0, 0.1) is 24.2 Å². The molecule has 5 rings (SSSR count). The molecule has 1 aromatic carbocycles. The maximum Gasteiger partial charge on any atom is 0.303 e. The van der Waals surface area contributed by atoms with Gasteiger partial charge >= 0.3 is 5.97 Å². The molecule has 0 radical (unpaired) electrons. The number of rotatable bonds is 45. The number of aliphatic carboxylic acids is 1. The van der Waals surface area contributed by atoms with Gasteiger partial charge in [-0.05, 0) is 105 Å². The molecule has 1 aliphatic carbocycles. The van der Waals surface area contributed by atoms with Crippen LogP contribution in [0.2, 0.25) is 0 Å². The number of hydrogen-bond acceptors (Lipinski definition) is 12. The Morgan fingerprint density at radius 3 is 1.85 bits per heavy atom. The number of hydrogen-bond donors (Lipinski definition) is 6. The maximum atomic E-state index is 15.0. The molecular weight excluding hydrogens is 1070 g/mol. The Hall–Kier alpha value is -5.85. The molecule has 2 aliphatic rings. The number of carbonyl (C=O) groups is 5. The quantitative estimate of drug-likeness (QED) is 0.0228. The van der Waals surface area contributed by atoms with Crippen LogP contribution in [0.4, 0.5) is 11.5 Å². The number of carbonyl (C=O) groups excluding carboxylic acids is 4. The largest absolute Gasteiger partial charge is 0.497 e. The highest BCUT2D eigenvalue weighted by molar-refractivity contribution is 6.09. The second-order valence-electron chi connectivity index (χ2n) is 25.4. The van der Waals surface area contributed by atoms with E-state index >= 15 is 0 Å². The Morgan fingerprint density at radius 1 is 0.741 bits per heavy atom. The number of piperidine rings is 1. The molecule has 474 valence electrons. The Kier molecular flexibility index (Phi) is 31.5. The summed E-state index contributed by atoms with van der Waals surface area (Å²) in [6.07, 6.45) is 29.4. The minimum atomic E-state index is -0.776. The molecule has 1 atom stereocenters. The van der Waals surface area contributed by atoms with Gasteiger partial charge in [-0.2, -0.15) is 0 Å². The number of aromatic nitrogens is 2. The number of nitrogens with one attached hydrogen (secondary N) is 3. The van der Waals surface area contributed by atoms with E-state index in [2.05, 4.69) is 39.7 Å². The first kappa shape index (κ1) is 69.9. The van der Waals surface area contributed by atoms with Crippen LogP contribution in [0.1, 0.15) is 202 Å². The lowest BCUT2D eigenvalue weighted by Gasteiger charge is -2.36. The monoisotopic (exact) mass is 1180 g/mol. The van der Waals surface area contributed by atoms with E-state index < -0.39 is 5.97 Å². The summed E-state index contributed by atoms with van der Waals surface area (Å²) in [6.45, 7) is 11.7. The number of ether oxygens (including phenoxy) is 2. The molecule has 3 aromatic rings. The molecule has 0 spiro atoms. The molecule has 1 aliphatic heterocycles. The van der Waals surface area contributed by atoms with E-state index in [4.69, 9.17) is 25.9 Å². The molecule has 8 N–H and O–H groups in total. The van der Waals surface area contributed by atoms with Gasteiger partial charge in [-0.15, -0.1) is 0 Å². The van der Waals surface area contributed by atoms with Crippen molar-refractivity contribution in [1.82, 2.24) is 25.9 Å². The third kappa shape index (κ3) is 27.2. The number of methoxy groups -OCH3 is 1. The SMILES string of the molecule is COc1ccc(C(=O)N(CC(C)(C)CCCCCCCCCCCCCCCCCCCCC(=O)NCC[N+](C)(CC(=O)NCCN)CC(=O)NCCN)c2cccc(C)n2)c(N2CCC(COc3cc([C@@H](CC(=O)O)C4CC4)ccn3)CC2)c1. The number of carboxylic acid groups (broad SMARTS) is 1. The van der Waals surface area contributed by atoms with Gasteiger partial charge in [0, 0.05) is 76.3 Å². The number of nitrogens with zero attached hydrogens (tertiary/aromatic N) is 5. The van der Waals surface area contributed by atoms with Crippen LogP contribution in [0.15, 0.2) is 54.7 Å². The third-order valence-electron chi connectivity index (χ3n) is 17.1. The van der Waals surface area contributed by atoms with Gasteiger partial charge in [0.05, 0.1) is 51.5 Å². The summed E-state index contributed by atoms with van der Waals surface area (Å²) in [6, 6.07) is 15.6. The normalized spacial score (nSPS) is 14.2. The number of unbranched alkanes of at least 4 members (excludes halogenated alkanes) is 17. The molecule has 18 heteroatoms. The lowest BCUT2D eigenvalue weighted by molar-refractivity contribution is -0.893. The van der Waals surface area contributed by atoms with Crippen LogP contribution in [0.5, 0.6) is 11.6 Å². The molecule has 0 bridgehead atoms. The fourth-order valence-electron chi connectivity index (χ4n) is 11.9. The molecule has 2 fully saturated rings. The number of benzene rings is 1. The van der Waals surface area contributed by atoms with Gasteiger partial charge < -0.3 is 51.4 Å². The Bertz CT molecular complexity index is 2440. The van der Waals surface area contributed by atoms with Crippen molar-refractivity contribution in [3.05, 3.63) is 71.5 Å². The molecule has 2 aromatic heterocycles. The van der Waals surface area contributed by atoms with Crippen LogP contribution in [-0.4, -0.2) is 142 Å². The topological polar surface area (TPSA) is 244 Å². The minimum Gasteiger partial charge on any atom is -0.497 e.